The van der Waals surface area contributed by atoms with Gasteiger partial charge in [-0.1, -0.05) is 42.5 Å². The maximum atomic E-state index is 11.6. The molecular formula is C29H32N4O2. The first-order valence-corrected chi connectivity index (χ1v) is 12.3. The molecule has 6 nitrogen and oxygen atoms in total. The largest absolute Gasteiger partial charge is 0.328 e. The fraction of sp³-hybridized carbons (Fsp3) is 0.310. The molecule has 4 aromatic rings. The number of hydroxylamine groups is 1. The number of fused-ring (bicyclic) bond motifs is 1. The van der Waals surface area contributed by atoms with E-state index in [-0.39, 0.29) is 0 Å². The van der Waals surface area contributed by atoms with Crippen LogP contribution in [0.2, 0.25) is 0 Å². The molecule has 0 bridgehead atoms. The maximum Gasteiger partial charge on any atom is 0.274 e. The van der Waals surface area contributed by atoms with Gasteiger partial charge in [-0.15, -0.1) is 0 Å². The van der Waals surface area contributed by atoms with Crippen molar-refractivity contribution in [2.45, 2.75) is 57.8 Å². The molecule has 180 valence electrons. The number of likely N-dealkylation sites (tertiary alicyclic amines) is 1. The van der Waals surface area contributed by atoms with E-state index in [2.05, 4.69) is 72.0 Å². The lowest BCUT2D eigenvalue weighted by Crippen LogP contribution is -2.45. The van der Waals surface area contributed by atoms with E-state index >= 15 is 0 Å². The normalized spacial score (nSPS) is 20.7. The zero-order valence-electron chi connectivity index (χ0n) is 20.3. The first-order valence-electron chi connectivity index (χ1n) is 12.3. The SMILES string of the molecule is CC1CC(c2ccnc3c2ccn3Cc2ccc(C(=O)NO)cc2)CC(C)N1Cc1ccccc1. The fourth-order valence-corrected chi connectivity index (χ4v) is 5.60. The van der Waals surface area contributed by atoms with E-state index in [9.17, 15) is 4.79 Å². The van der Waals surface area contributed by atoms with Crippen LogP contribution >= 0.6 is 0 Å². The number of hydrogen-bond acceptors (Lipinski definition) is 4. The average molecular weight is 469 g/mol. The van der Waals surface area contributed by atoms with Gasteiger partial charge in [-0.25, -0.2) is 10.5 Å². The Morgan fingerprint density at radius 1 is 0.943 bits per heavy atom. The molecule has 2 unspecified atom stereocenters. The molecule has 2 atom stereocenters. The molecule has 0 aliphatic carbocycles. The van der Waals surface area contributed by atoms with Gasteiger partial charge in [-0.2, -0.15) is 0 Å². The van der Waals surface area contributed by atoms with E-state index < -0.39 is 5.91 Å². The van der Waals surface area contributed by atoms with E-state index in [1.165, 1.54) is 16.5 Å². The van der Waals surface area contributed by atoms with Crippen LogP contribution in [0.25, 0.3) is 11.0 Å². The van der Waals surface area contributed by atoms with E-state index in [0.29, 0.717) is 30.1 Å². The Kier molecular flexibility index (Phi) is 6.66. The number of carbonyl (C=O) groups excluding carboxylic acids is 1. The summed E-state index contributed by atoms with van der Waals surface area (Å²) in [5.41, 5.74) is 6.92. The molecule has 0 radical (unpaired) electrons. The number of pyridine rings is 1. The molecule has 1 amide bonds. The van der Waals surface area contributed by atoms with Gasteiger partial charge in [0.1, 0.15) is 5.65 Å². The molecular weight excluding hydrogens is 436 g/mol. The Balaban J connectivity index is 1.34. The van der Waals surface area contributed by atoms with Crippen LogP contribution in [0.5, 0.6) is 0 Å². The molecule has 1 saturated heterocycles. The van der Waals surface area contributed by atoms with Crippen molar-refractivity contribution in [2.24, 2.45) is 0 Å². The van der Waals surface area contributed by atoms with Gasteiger partial charge in [0.2, 0.25) is 0 Å². The number of carbonyl (C=O) groups is 1. The third kappa shape index (κ3) is 4.85. The number of nitrogens with one attached hydrogen (secondary N) is 1. The topological polar surface area (TPSA) is 70.4 Å². The summed E-state index contributed by atoms with van der Waals surface area (Å²) < 4.78 is 2.16. The number of nitrogens with zero attached hydrogens (tertiary/aromatic N) is 3. The molecule has 2 N–H and O–H groups in total. The van der Waals surface area contributed by atoms with Crippen molar-refractivity contribution in [3.05, 3.63) is 101 Å². The molecule has 1 aliphatic rings. The minimum atomic E-state index is -0.507. The minimum absolute atomic E-state index is 0.427. The molecule has 2 aromatic heterocycles. The summed E-state index contributed by atoms with van der Waals surface area (Å²) in [5, 5.41) is 10.0. The molecule has 2 aromatic carbocycles. The van der Waals surface area contributed by atoms with Gasteiger partial charge in [0, 0.05) is 48.5 Å². The zero-order chi connectivity index (χ0) is 24.4. The molecule has 0 saturated carbocycles. The summed E-state index contributed by atoms with van der Waals surface area (Å²) >= 11 is 0. The highest BCUT2D eigenvalue weighted by molar-refractivity contribution is 5.93. The smallest absolute Gasteiger partial charge is 0.274 e. The van der Waals surface area contributed by atoms with Crippen molar-refractivity contribution in [3.8, 4) is 0 Å². The first kappa shape index (κ1) is 23.3. The number of benzene rings is 2. The number of aromatic nitrogens is 2. The average Bonchev–Trinajstić information content (AvgIpc) is 3.29. The van der Waals surface area contributed by atoms with Crippen molar-refractivity contribution in [1.29, 1.82) is 0 Å². The van der Waals surface area contributed by atoms with Crippen LogP contribution in [0, 0.1) is 0 Å². The molecule has 35 heavy (non-hydrogen) atoms. The van der Waals surface area contributed by atoms with Crippen LogP contribution in [0.1, 0.15) is 59.7 Å². The lowest BCUT2D eigenvalue weighted by Gasteiger charge is -2.43. The molecule has 3 heterocycles. The Morgan fingerprint density at radius 3 is 2.31 bits per heavy atom. The first-order chi connectivity index (χ1) is 17.0. The van der Waals surface area contributed by atoms with Gasteiger partial charge in [0.25, 0.3) is 5.91 Å². The highest BCUT2D eigenvalue weighted by Gasteiger charge is 2.32. The van der Waals surface area contributed by atoms with E-state index in [1.54, 1.807) is 17.6 Å². The van der Waals surface area contributed by atoms with E-state index in [1.807, 2.05) is 18.3 Å². The summed E-state index contributed by atoms with van der Waals surface area (Å²) in [6.45, 7) is 6.38. The standard InChI is InChI=1S/C29H32N4O2/c1-20-16-25(17-21(2)33(20)19-22-6-4-3-5-7-22)26-12-14-30-28-27(26)13-15-32(28)18-23-8-10-24(11-9-23)29(34)31-35/h3-15,20-21,25,35H,16-19H2,1-2H3,(H,31,34). The van der Waals surface area contributed by atoms with Crippen LogP contribution in [-0.4, -0.2) is 37.6 Å². The second kappa shape index (κ2) is 10.0. The van der Waals surface area contributed by atoms with Crippen LogP contribution < -0.4 is 5.48 Å². The zero-order valence-corrected chi connectivity index (χ0v) is 20.3. The lowest BCUT2D eigenvalue weighted by molar-refractivity contribution is 0.0706. The van der Waals surface area contributed by atoms with Crippen LogP contribution in [0.4, 0.5) is 0 Å². The molecule has 6 heteroatoms. The van der Waals surface area contributed by atoms with Gasteiger partial charge in [-0.3, -0.25) is 14.9 Å². The molecule has 1 fully saturated rings. The molecule has 1 aliphatic heterocycles. The third-order valence-corrected chi connectivity index (χ3v) is 7.40. The van der Waals surface area contributed by atoms with Gasteiger partial charge in [0.05, 0.1) is 0 Å². The number of amides is 1. The molecule has 5 rings (SSSR count). The highest BCUT2D eigenvalue weighted by atomic mass is 16.5. The number of rotatable bonds is 6. The lowest BCUT2D eigenvalue weighted by atomic mass is 9.81. The Hall–Kier alpha value is -3.48. The fourth-order valence-electron chi connectivity index (χ4n) is 5.60. The second-order valence-corrected chi connectivity index (χ2v) is 9.74. The Morgan fingerprint density at radius 2 is 1.63 bits per heavy atom. The monoisotopic (exact) mass is 468 g/mol. The van der Waals surface area contributed by atoms with Crippen LogP contribution in [-0.2, 0) is 13.1 Å². The Labute approximate surface area is 206 Å². The highest BCUT2D eigenvalue weighted by Crippen LogP contribution is 2.38. The minimum Gasteiger partial charge on any atom is -0.328 e. The summed E-state index contributed by atoms with van der Waals surface area (Å²) in [6.07, 6.45) is 6.31. The summed E-state index contributed by atoms with van der Waals surface area (Å²) in [6, 6.07) is 23.4. The van der Waals surface area contributed by atoms with Crippen molar-refractivity contribution >= 4 is 16.9 Å². The van der Waals surface area contributed by atoms with Crippen LogP contribution in [0.3, 0.4) is 0 Å². The van der Waals surface area contributed by atoms with Gasteiger partial charge < -0.3 is 4.57 Å². The predicted octanol–water partition coefficient (Wildman–Crippen LogP) is 5.36. The summed E-state index contributed by atoms with van der Waals surface area (Å²) in [7, 11) is 0. The van der Waals surface area contributed by atoms with Gasteiger partial charge >= 0.3 is 0 Å². The summed E-state index contributed by atoms with van der Waals surface area (Å²) in [4.78, 5) is 18.9. The number of hydrogen-bond donors (Lipinski definition) is 2. The van der Waals surface area contributed by atoms with Gasteiger partial charge in [0.15, 0.2) is 0 Å². The van der Waals surface area contributed by atoms with Crippen molar-refractivity contribution in [3.63, 3.8) is 0 Å². The predicted molar refractivity (Wildman–Crippen MR) is 137 cm³/mol. The van der Waals surface area contributed by atoms with Crippen LogP contribution in [0.15, 0.2) is 79.1 Å². The quantitative estimate of drug-likeness (QED) is 0.295. The summed E-state index contributed by atoms with van der Waals surface area (Å²) in [5.74, 6) is -0.00260. The Bertz CT molecular complexity index is 1290. The second-order valence-electron chi connectivity index (χ2n) is 9.74. The third-order valence-electron chi connectivity index (χ3n) is 7.40. The molecule has 0 spiro atoms. The van der Waals surface area contributed by atoms with E-state index in [4.69, 9.17) is 10.2 Å². The van der Waals surface area contributed by atoms with E-state index in [0.717, 1.165) is 30.6 Å². The van der Waals surface area contributed by atoms with Crippen molar-refractivity contribution in [2.75, 3.05) is 0 Å². The van der Waals surface area contributed by atoms with Crippen molar-refractivity contribution in [1.82, 2.24) is 19.9 Å². The maximum absolute atomic E-state index is 11.6. The van der Waals surface area contributed by atoms with Gasteiger partial charge in [-0.05, 0) is 73.6 Å². The van der Waals surface area contributed by atoms with Crippen molar-refractivity contribution < 1.29 is 10.0 Å². The number of piperidine rings is 1.